The van der Waals surface area contributed by atoms with E-state index in [1.807, 2.05) is 48.5 Å². The topological polar surface area (TPSA) is 27.7 Å². The van der Waals surface area contributed by atoms with E-state index in [0.717, 1.165) is 45.6 Å². The third-order valence-corrected chi connectivity index (χ3v) is 8.40. The van der Waals surface area contributed by atoms with Crippen molar-refractivity contribution in [1.82, 2.24) is 0 Å². The lowest BCUT2D eigenvalue weighted by atomic mass is 9.66. The molecule has 8 rings (SSSR count). The molecule has 202 valence electrons. The van der Waals surface area contributed by atoms with Gasteiger partial charge in [-0.05, 0) is 72.5 Å². The lowest BCUT2D eigenvalue weighted by Crippen LogP contribution is -2.32. The van der Waals surface area contributed by atoms with Gasteiger partial charge in [-0.15, -0.1) is 0 Å². The molecule has 3 heteroatoms. The molecule has 0 unspecified atom stereocenters. The van der Waals surface area contributed by atoms with Crippen LogP contribution in [0.3, 0.4) is 0 Å². The number of aryl methyl sites for hydroxylation is 2. The molecule has 1 heterocycles. The highest BCUT2D eigenvalue weighted by molar-refractivity contribution is 5.88. The molecule has 0 saturated carbocycles. The van der Waals surface area contributed by atoms with Gasteiger partial charge in [0.05, 0.1) is 5.41 Å². The standard InChI is InChI=1S/C39H28O3/c1-25-11-15-27(16-12-25)40-29-19-21-35-37(23-29)42-38-24-30(41-28-17-13-26(2)14-18-28)20-22-36(38)39(35)33-9-5-3-7-31(33)32-8-4-6-10-34(32)39/h3-24H,1-2H3. The Kier molecular flexibility index (Phi) is 5.48. The van der Waals surface area contributed by atoms with Crippen LogP contribution in [0.25, 0.3) is 11.1 Å². The average Bonchev–Trinajstić information content (AvgIpc) is 3.30. The molecule has 0 bridgehead atoms. The van der Waals surface area contributed by atoms with Crippen molar-refractivity contribution in [2.24, 2.45) is 0 Å². The van der Waals surface area contributed by atoms with Gasteiger partial charge >= 0.3 is 0 Å². The van der Waals surface area contributed by atoms with Crippen molar-refractivity contribution >= 4 is 0 Å². The second kappa shape index (κ2) is 9.39. The first-order valence-electron chi connectivity index (χ1n) is 14.2. The van der Waals surface area contributed by atoms with Crippen LogP contribution in [0.1, 0.15) is 33.4 Å². The molecular weight excluding hydrogens is 516 g/mol. The molecule has 0 amide bonds. The number of benzene rings is 6. The van der Waals surface area contributed by atoms with Crippen LogP contribution in [0, 0.1) is 13.8 Å². The van der Waals surface area contributed by atoms with Gasteiger partial charge in [0.2, 0.25) is 0 Å². The highest BCUT2D eigenvalue weighted by atomic mass is 16.5. The molecule has 1 aliphatic carbocycles. The van der Waals surface area contributed by atoms with E-state index in [0.29, 0.717) is 0 Å². The van der Waals surface area contributed by atoms with E-state index in [4.69, 9.17) is 14.2 Å². The van der Waals surface area contributed by atoms with Gasteiger partial charge in [-0.2, -0.15) is 0 Å². The smallest absolute Gasteiger partial charge is 0.135 e. The van der Waals surface area contributed by atoms with Gasteiger partial charge in [0.1, 0.15) is 34.5 Å². The first-order valence-corrected chi connectivity index (χ1v) is 14.2. The molecular formula is C39H28O3. The summed E-state index contributed by atoms with van der Waals surface area (Å²) >= 11 is 0. The van der Waals surface area contributed by atoms with E-state index in [1.165, 1.54) is 33.4 Å². The molecule has 1 aliphatic heterocycles. The highest BCUT2D eigenvalue weighted by Crippen LogP contribution is 2.62. The molecule has 3 nitrogen and oxygen atoms in total. The molecule has 0 aromatic heterocycles. The Morgan fingerprint density at radius 3 is 1.29 bits per heavy atom. The minimum absolute atomic E-state index is 0.541. The SMILES string of the molecule is Cc1ccc(Oc2ccc3c(c2)Oc2cc(Oc4ccc(C)cc4)ccc2C32c3ccccc3-c3ccccc32)cc1. The van der Waals surface area contributed by atoms with Crippen LogP contribution in [0.5, 0.6) is 34.5 Å². The van der Waals surface area contributed by atoms with Crippen molar-refractivity contribution in [3.8, 4) is 45.6 Å². The summed E-state index contributed by atoms with van der Waals surface area (Å²) in [6.45, 7) is 4.14. The maximum Gasteiger partial charge on any atom is 0.135 e. The fourth-order valence-corrected chi connectivity index (χ4v) is 6.48. The number of ether oxygens (including phenoxy) is 3. The van der Waals surface area contributed by atoms with Gasteiger partial charge in [0.15, 0.2) is 0 Å². The Balaban J connectivity index is 1.32. The quantitative estimate of drug-likeness (QED) is 0.221. The zero-order valence-electron chi connectivity index (χ0n) is 23.4. The van der Waals surface area contributed by atoms with Gasteiger partial charge in [-0.25, -0.2) is 0 Å². The van der Waals surface area contributed by atoms with E-state index in [-0.39, 0.29) is 0 Å². The summed E-state index contributed by atoms with van der Waals surface area (Å²) in [6, 6.07) is 46.1. The fourth-order valence-electron chi connectivity index (χ4n) is 6.48. The summed E-state index contributed by atoms with van der Waals surface area (Å²) in [5.74, 6) is 4.57. The lowest BCUT2D eigenvalue weighted by Gasteiger charge is -2.39. The first-order chi connectivity index (χ1) is 20.6. The minimum atomic E-state index is -0.541. The Bertz CT molecular complexity index is 1830. The molecule has 6 aromatic rings. The molecule has 1 spiro atoms. The zero-order chi connectivity index (χ0) is 28.3. The van der Waals surface area contributed by atoms with Crippen LogP contribution in [0.15, 0.2) is 133 Å². The molecule has 0 N–H and O–H groups in total. The maximum atomic E-state index is 6.73. The zero-order valence-corrected chi connectivity index (χ0v) is 23.4. The number of hydrogen-bond acceptors (Lipinski definition) is 3. The van der Waals surface area contributed by atoms with Crippen LogP contribution >= 0.6 is 0 Å². The third-order valence-electron chi connectivity index (χ3n) is 8.40. The second-order valence-electron chi connectivity index (χ2n) is 11.1. The Morgan fingerprint density at radius 1 is 0.429 bits per heavy atom. The van der Waals surface area contributed by atoms with Gasteiger partial charge < -0.3 is 14.2 Å². The van der Waals surface area contributed by atoms with Crippen molar-refractivity contribution < 1.29 is 14.2 Å². The molecule has 0 saturated heterocycles. The van der Waals surface area contributed by atoms with Gasteiger partial charge in [0.25, 0.3) is 0 Å². The second-order valence-corrected chi connectivity index (χ2v) is 11.1. The van der Waals surface area contributed by atoms with Crippen molar-refractivity contribution in [1.29, 1.82) is 0 Å². The maximum absolute atomic E-state index is 6.73. The summed E-state index contributed by atoms with van der Waals surface area (Å²) < 4.78 is 19.3. The summed E-state index contributed by atoms with van der Waals surface area (Å²) in [7, 11) is 0. The van der Waals surface area contributed by atoms with E-state index in [1.54, 1.807) is 0 Å². The number of hydrogen-bond donors (Lipinski definition) is 0. The molecule has 6 aromatic carbocycles. The van der Waals surface area contributed by atoms with Crippen molar-refractivity contribution in [2.45, 2.75) is 19.3 Å². The van der Waals surface area contributed by atoms with E-state index in [9.17, 15) is 0 Å². The van der Waals surface area contributed by atoms with Gasteiger partial charge in [-0.3, -0.25) is 0 Å². The van der Waals surface area contributed by atoms with E-state index in [2.05, 4.69) is 98.8 Å². The van der Waals surface area contributed by atoms with Crippen LogP contribution < -0.4 is 14.2 Å². The highest BCUT2D eigenvalue weighted by Gasteiger charge is 2.51. The summed E-state index contributed by atoms with van der Waals surface area (Å²) in [5.41, 5.74) is 9.01. The van der Waals surface area contributed by atoms with E-state index >= 15 is 0 Å². The molecule has 42 heavy (non-hydrogen) atoms. The minimum Gasteiger partial charge on any atom is -0.457 e. The third kappa shape index (κ3) is 3.74. The number of rotatable bonds is 4. The number of fused-ring (bicyclic) bond motifs is 9. The Labute approximate surface area is 245 Å². The first kappa shape index (κ1) is 24.5. The summed E-state index contributed by atoms with van der Waals surface area (Å²) in [5, 5.41) is 0. The molecule has 0 fully saturated rings. The average molecular weight is 545 g/mol. The van der Waals surface area contributed by atoms with Crippen LogP contribution in [0.2, 0.25) is 0 Å². The summed E-state index contributed by atoms with van der Waals surface area (Å²) in [6.07, 6.45) is 0. The lowest BCUT2D eigenvalue weighted by molar-refractivity contribution is 0.420. The fraction of sp³-hybridized carbons (Fsp3) is 0.0769. The molecule has 0 radical (unpaired) electrons. The molecule has 2 aliphatic rings. The Morgan fingerprint density at radius 2 is 0.833 bits per heavy atom. The predicted octanol–water partition coefficient (Wildman–Crippen LogP) is 10.4. The van der Waals surface area contributed by atoms with Crippen LogP contribution in [0.4, 0.5) is 0 Å². The van der Waals surface area contributed by atoms with Gasteiger partial charge in [0, 0.05) is 23.3 Å². The van der Waals surface area contributed by atoms with Crippen molar-refractivity contribution in [2.75, 3.05) is 0 Å². The normalized spacial score (nSPS) is 13.4. The van der Waals surface area contributed by atoms with E-state index < -0.39 is 5.41 Å². The van der Waals surface area contributed by atoms with Crippen molar-refractivity contribution in [3.63, 3.8) is 0 Å². The van der Waals surface area contributed by atoms with Crippen LogP contribution in [-0.4, -0.2) is 0 Å². The predicted molar refractivity (Wildman–Crippen MR) is 166 cm³/mol. The van der Waals surface area contributed by atoms with Gasteiger partial charge in [-0.1, -0.05) is 96.1 Å². The van der Waals surface area contributed by atoms with Crippen molar-refractivity contribution in [3.05, 3.63) is 167 Å². The Hall–Kier alpha value is -5.28. The molecule has 0 atom stereocenters. The monoisotopic (exact) mass is 544 g/mol. The summed E-state index contributed by atoms with van der Waals surface area (Å²) in [4.78, 5) is 0. The van der Waals surface area contributed by atoms with Crippen LogP contribution in [-0.2, 0) is 5.41 Å². The largest absolute Gasteiger partial charge is 0.457 e.